The molecule has 3 aromatic rings. The van der Waals surface area contributed by atoms with Crippen LogP contribution >= 0.6 is 11.3 Å². The van der Waals surface area contributed by atoms with Crippen LogP contribution in [0, 0.1) is 6.92 Å². The first-order valence-electron chi connectivity index (χ1n) is 7.02. The van der Waals surface area contributed by atoms with E-state index in [0.29, 0.717) is 0 Å². The molecule has 21 heavy (non-hydrogen) atoms. The van der Waals surface area contributed by atoms with E-state index in [1.54, 1.807) is 11.3 Å². The van der Waals surface area contributed by atoms with Gasteiger partial charge in [0.05, 0.1) is 11.9 Å². The van der Waals surface area contributed by atoms with Crippen LogP contribution < -0.4 is 0 Å². The van der Waals surface area contributed by atoms with E-state index in [2.05, 4.69) is 25.5 Å². The lowest BCUT2D eigenvalue weighted by Crippen LogP contribution is -2.30. The molecule has 6 heteroatoms. The van der Waals surface area contributed by atoms with Crippen molar-refractivity contribution in [2.24, 2.45) is 0 Å². The van der Waals surface area contributed by atoms with E-state index in [-0.39, 0.29) is 0 Å². The van der Waals surface area contributed by atoms with Crippen LogP contribution in [0.15, 0.2) is 27.4 Å². The molecular formula is C15H16N4OS. The van der Waals surface area contributed by atoms with Crippen molar-refractivity contribution in [1.82, 2.24) is 20.1 Å². The third-order valence-electron chi connectivity index (χ3n) is 3.91. The van der Waals surface area contributed by atoms with E-state index in [4.69, 9.17) is 4.42 Å². The summed E-state index contributed by atoms with van der Waals surface area (Å²) in [5.41, 5.74) is 4.65. The zero-order chi connectivity index (χ0) is 14.2. The van der Waals surface area contributed by atoms with Gasteiger partial charge in [-0.1, -0.05) is 0 Å². The van der Waals surface area contributed by atoms with Crippen molar-refractivity contribution in [1.29, 1.82) is 0 Å². The lowest BCUT2D eigenvalue weighted by Gasteiger charge is -2.25. The Balaban J connectivity index is 1.53. The molecule has 3 aromatic heterocycles. The maximum Gasteiger partial charge on any atom is 0.227 e. The third-order valence-corrected chi connectivity index (χ3v) is 4.60. The molecule has 5 nitrogen and oxygen atoms in total. The monoisotopic (exact) mass is 300 g/mol. The molecule has 0 amide bonds. The van der Waals surface area contributed by atoms with Gasteiger partial charge >= 0.3 is 0 Å². The van der Waals surface area contributed by atoms with Gasteiger partial charge in [0.2, 0.25) is 5.89 Å². The Morgan fingerprint density at radius 2 is 2.43 bits per heavy atom. The van der Waals surface area contributed by atoms with Crippen molar-refractivity contribution in [2.75, 3.05) is 6.54 Å². The summed E-state index contributed by atoms with van der Waals surface area (Å²) in [6.45, 7) is 4.76. The summed E-state index contributed by atoms with van der Waals surface area (Å²) in [5, 5.41) is 11.3. The summed E-state index contributed by atoms with van der Waals surface area (Å²) in [4.78, 5) is 7.05. The standard InChI is InChI=1S/C15H16N4OS/c1-10-14(17-15(20-10)11-3-5-21-9-11)8-19-4-2-13-12(7-19)6-16-18-13/h3,5-6,9H,2,4,7-8H2,1H3,(H,16,18). The number of rotatable bonds is 3. The molecule has 108 valence electrons. The second-order valence-corrected chi connectivity index (χ2v) is 6.15. The second kappa shape index (κ2) is 5.13. The summed E-state index contributed by atoms with van der Waals surface area (Å²) < 4.78 is 5.81. The molecule has 0 unspecified atom stereocenters. The predicted octanol–water partition coefficient (Wildman–Crippen LogP) is 2.99. The fraction of sp³-hybridized carbons (Fsp3) is 0.333. The molecule has 1 aliphatic heterocycles. The lowest BCUT2D eigenvalue weighted by molar-refractivity contribution is 0.241. The van der Waals surface area contributed by atoms with Gasteiger partial charge in [-0.05, 0) is 18.4 Å². The molecule has 0 fully saturated rings. The molecule has 0 saturated heterocycles. The van der Waals surface area contributed by atoms with Gasteiger partial charge in [0, 0.05) is 48.3 Å². The van der Waals surface area contributed by atoms with Gasteiger partial charge in [0.25, 0.3) is 0 Å². The Bertz CT molecular complexity index is 744. The molecular weight excluding hydrogens is 284 g/mol. The maximum atomic E-state index is 5.81. The first-order chi connectivity index (χ1) is 10.3. The molecule has 0 bridgehead atoms. The highest BCUT2D eigenvalue weighted by molar-refractivity contribution is 7.08. The average Bonchev–Trinajstić information content (AvgIpc) is 3.20. The van der Waals surface area contributed by atoms with Crippen LogP contribution in [0.3, 0.4) is 0 Å². The highest BCUT2D eigenvalue weighted by Crippen LogP contribution is 2.25. The SMILES string of the molecule is Cc1oc(-c2ccsc2)nc1CN1CCc2[nH]ncc2C1. The molecule has 4 heterocycles. The smallest absolute Gasteiger partial charge is 0.227 e. The highest BCUT2D eigenvalue weighted by atomic mass is 32.1. The summed E-state index contributed by atoms with van der Waals surface area (Å²) in [6, 6.07) is 2.04. The van der Waals surface area contributed by atoms with Crippen LogP contribution in [0.5, 0.6) is 0 Å². The first kappa shape index (κ1) is 12.8. The van der Waals surface area contributed by atoms with Crippen molar-refractivity contribution in [3.8, 4) is 11.5 Å². The van der Waals surface area contributed by atoms with Crippen molar-refractivity contribution < 1.29 is 4.42 Å². The van der Waals surface area contributed by atoms with E-state index in [1.807, 2.05) is 24.6 Å². The number of hydrogen-bond donors (Lipinski definition) is 1. The molecule has 0 saturated carbocycles. The van der Waals surface area contributed by atoms with Gasteiger partial charge in [-0.15, -0.1) is 0 Å². The lowest BCUT2D eigenvalue weighted by atomic mass is 10.1. The molecule has 4 rings (SSSR count). The average molecular weight is 300 g/mol. The normalized spacial score (nSPS) is 15.3. The number of aromatic amines is 1. The van der Waals surface area contributed by atoms with Crippen LogP contribution in [0.1, 0.15) is 22.7 Å². The molecule has 1 aliphatic rings. The van der Waals surface area contributed by atoms with Gasteiger partial charge in [-0.25, -0.2) is 4.98 Å². The largest absolute Gasteiger partial charge is 0.441 e. The molecule has 0 atom stereocenters. The Morgan fingerprint density at radius 3 is 3.29 bits per heavy atom. The first-order valence-corrected chi connectivity index (χ1v) is 7.96. The summed E-state index contributed by atoms with van der Waals surface area (Å²) in [6.07, 6.45) is 2.94. The fourth-order valence-electron chi connectivity index (χ4n) is 2.71. The van der Waals surface area contributed by atoms with E-state index >= 15 is 0 Å². The van der Waals surface area contributed by atoms with Gasteiger partial charge in [0.15, 0.2) is 0 Å². The number of aromatic nitrogens is 3. The minimum absolute atomic E-state index is 0.727. The van der Waals surface area contributed by atoms with Crippen molar-refractivity contribution in [3.05, 3.63) is 45.7 Å². The predicted molar refractivity (Wildman–Crippen MR) is 81.0 cm³/mol. The number of hydrogen-bond acceptors (Lipinski definition) is 5. The fourth-order valence-corrected chi connectivity index (χ4v) is 3.34. The number of oxazole rings is 1. The van der Waals surface area contributed by atoms with Gasteiger partial charge < -0.3 is 4.42 Å². The van der Waals surface area contributed by atoms with E-state index in [1.165, 1.54) is 11.3 Å². The quantitative estimate of drug-likeness (QED) is 0.808. The van der Waals surface area contributed by atoms with Crippen LogP contribution in [0.4, 0.5) is 0 Å². The number of H-pyrrole nitrogens is 1. The number of nitrogens with zero attached hydrogens (tertiary/aromatic N) is 3. The van der Waals surface area contributed by atoms with E-state index in [0.717, 1.165) is 49.0 Å². The second-order valence-electron chi connectivity index (χ2n) is 5.37. The Kier molecular flexibility index (Phi) is 3.12. The van der Waals surface area contributed by atoms with E-state index < -0.39 is 0 Å². The molecule has 1 N–H and O–H groups in total. The molecule has 0 spiro atoms. The van der Waals surface area contributed by atoms with Crippen LogP contribution in [0.2, 0.25) is 0 Å². The van der Waals surface area contributed by atoms with Crippen LogP contribution in [-0.2, 0) is 19.5 Å². The van der Waals surface area contributed by atoms with Crippen molar-refractivity contribution in [2.45, 2.75) is 26.4 Å². The van der Waals surface area contributed by atoms with Crippen molar-refractivity contribution in [3.63, 3.8) is 0 Å². The zero-order valence-electron chi connectivity index (χ0n) is 11.8. The summed E-state index contributed by atoms with van der Waals surface area (Å²) in [7, 11) is 0. The number of fused-ring (bicyclic) bond motifs is 1. The highest BCUT2D eigenvalue weighted by Gasteiger charge is 2.20. The summed E-state index contributed by atoms with van der Waals surface area (Å²) >= 11 is 1.66. The van der Waals surface area contributed by atoms with Crippen LogP contribution in [0.25, 0.3) is 11.5 Å². The number of aryl methyl sites for hydroxylation is 1. The molecule has 0 radical (unpaired) electrons. The molecule has 0 aromatic carbocycles. The number of thiophene rings is 1. The Labute approximate surface area is 126 Å². The Morgan fingerprint density at radius 1 is 1.48 bits per heavy atom. The van der Waals surface area contributed by atoms with Gasteiger partial charge in [-0.3, -0.25) is 10.00 Å². The Hall–Kier alpha value is -1.92. The third kappa shape index (κ3) is 2.41. The minimum atomic E-state index is 0.727. The van der Waals surface area contributed by atoms with E-state index in [9.17, 15) is 0 Å². The van der Waals surface area contributed by atoms with Crippen molar-refractivity contribution >= 4 is 11.3 Å². The summed E-state index contributed by atoms with van der Waals surface area (Å²) in [5.74, 6) is 1.64. The minimum Gasteiger partial charge on any atom is -0.441 e. The molecule has 0 aliphatic carbocycles. The topological polar surface area (TPSA) is 58.0 Å². The van der Waals surface area contributed by atoms with Crippen LogP contribution in [-0.4, -0.2) is 26.6 Å². The zero-order valence-corrected chi connectivity index (χ0v) is 12.6. The maximum absolute atomic E-state index is 5.81. The number of nitrogens with one attached hydrogen (secondary N) is 1. The van der Waals surface area contributed by atoms with Gasteiger partial charge in [0.1, 0.15) is 5.76 Å². The van der Waals surface area contributed by atoms with Gasteiger partial charge in [-0.2, -0.15) is 16.4 Å².